The van der Waals surface area contributed by atoms with Crippen molar-refractivity contribution in [1.82, 2.24) is 10.2 Å². The molecule has 29 heavy (non-hydrogen) atoms. The Morgan fingerprint density at radius 2 is 1.76 bits per heavy atom. The van der Waals surface area contributed by atoms with Gasteiger partial charge in [-0.3, -0.25) is 9.59 Å². The van der Waals surface area contributed by atoms with Gasteiger partial charge in [-0.25, -0.2) is 12.8 Å². The number of halogens is 2. The lowest BCUT2D eigenvalue weighted by molar-refractivity contribution is 0.0698. The number of benzene rings is 2. The van der Waals surface area contributed by atoms with E-state index in [0.717, 1.165) is 6.26 Å². The molecule has 0 bridgehead atoms. The molecular weight excluding hydrogens is 419 g/mol. The van der Waals surface area contributed by atoms with Crippen LogP contribution >= 0.6 is 11.6 Å². The van der Waals surface area contributed by atoms with Crippen LogP contribution in [0, 0.1) is 5.82 Å². The van der Waals surface area contributed by atoms with Crippen molar-refractivity contribution in [1.29, 1.82) is 0 Å². The fourth-order valence-electron chi connectivity index (χ4n) is 3.20. The summed E-state index contributed by atoms with van der Waals surface area (Å²) in [4.78, 5) is 26.6. The molecule has 1 saturated heterocycles. The second kappa shape index (κ2) is 8.51. The Morgan fingerprint density at radius 3 is 2.38 bits per heavy atom. The Labute approximate surface area is 173 Å². The first-order chi connectivity index (χ1) is 13.7. The first kappa shape index (κ1) is 21.3. The third-order valence-electron chi connectivity index (χ3n) is 4.83. The van der Waals surface area contributed by atoms with Crippen LogP contribution in [0.15, 0.2) is 47.4 Å². The number of hydrogen-bond donors (Lipinski definition) is 1. The van der Waals surface area contributed by atoms with Crippen molar-refractivity contribution < 1.29 is 22.4 Å². The Bertz CT molecular complexity index is 1050. The molecule has 1 N–H and O–H groups in total. The molecule has 0 radical (unpaired) electrons. The molecular formula is C20H20ClFN2O4S. The minimum absolute atomic E-state index is 0.0182. The van der Waals surface area contributed by atoms with E-state index in [9.17, 15) is 22.4 Å². The summed E-state index contributed by atoms with van der Waals surface area (Å²) < 4.78 is 37.2. The van der Waals surface area contributed by atoms with Crippen LogP contribution in [0.2, 0.25) is 5.02 Å². The van der Waals surface area contributed by atoms with Crippen molar-refractivity contribution in [3.8, 4) is 0 Å². The molecule has 0 aliphatic carbocycles. The van der Waals surface area contributed by atoms with E-state index >= 15 is 0 Å². The standard InChI is InChI=1S/C20H20ClFN2O4S/c1-29(27,28)14-6-7-17(21)16(12-14)20(26)24-10-8-13(9-11-24)23-19(25)15-4-2-3-5-18(15)22/h2-7,12-13H,8-11H2,1H3,(H,23,25). The van der Waals surface area contributed by atoms with Gasteiger partial charge in [-0.05, 0) is 43.2 Å². The van der Waals surface area contributed by atoms with Crippen LogP contribution in [-0.4, -0.2) is 50.5 Å². The number of carbonyl (C=O) groups is 2. The van der Waals surface area contributed by atoms with Gasteiger partial charge >= 0.3 is 0 Å². The van der Waals surface area contributed by atoms with E-state index in [1.54, 1.807) is 11.0 Å². The van der Waals surface area contributed by atoms with Gasteiger partial charge in [0.15, 0.2) is 9.84 Å². The number of nitrogens with one attached hydrogen (secondary N) is 1. The highest BCUT2D eigenvalue weighted by Gasteiger charge is 2.27. The molecule has 9 heteroatoms. The van der Waals surface area contributed by atoms with Crippen LogP contribution in [0.4, 0.5) is 4.39 Å². The number of hydrogen-bond acceptors (Lipinski definition) is 4. The molecule has 0 unspecified atom stereocenters. The lowest BCUT2D eigenvalue weighted by atomic mass is 10.0. The SMILES string of the molecule is CS(=O)(=O)c1ccc(Cl)c(C(=O)N2CCC(NC(=O)c3ccccc3F)CC2)c1. The van der Waals surface area contributed by atoms with Crippen LogP contribution in [0.3, 0.4) is 0 Å². The molecule has 0 atom stereocenters. The van der Waals surface area contributed by atoms with Gasteiger partial charge in [-0.1, -0.05) is 23.7 Å². The maximum Gasteiger partial charge on any atom is 0.255 e. The van der Waals surface area contributed by atoms with Crippen molar-refractivity contribution in [3.05, 3.63) is 64.4 Å². The van der Waals surface area contributed by atoms with E-state index in [4.69, 9.17) is 11.6 Å². The number of sulfone groups is 1. The van der Waals surface area contributed by atoms with Crippen molar-refractivity contribution >= 4 is 33.3 Å². The van der Waals surface area contributed by atoms with Crippen molar-refractivity contribution in [2.75, 3.05) is 19.3 Å². The van der Waals surface area contributed by atoms with Gasteiger partial charge in [-0.2, -0.15) is 0 Å². The van der Waals surface area contributed by atoms with Crippen molar-refractivity contribution in [2.24, 2.45) is 0 Å². The monoisotopic (exact) mass is 438 g/mol. The maximum absolute atomic E-state index is 13.7. The highest BCUT2D eigenvalue weighted by atomic mass is 35.5. The molecule has 2 amide bonds. The fraction of sp³-hybridized carbons (Fsp3) is 0.300. The van der Waals surface area contributed by atoms with Gasteiger partial charge < -0.3 is 10.2 Å². The minimum atomic E-state index is -3.47. The average Bonchev–Trinajstić information content (AvgIpc) is 2.68. The number of piperidine rings is 1. The average molecular weight is 439 g/mol. The van der Waals surface area contributed by atoms with E-state index in [-0.39, 0.29) is 33.0 Å². The quantitative estimate of drug-likeness (QED) is 0.795. The smallest absolute Gasteiger partial charge is 0.255 e. The summed E-state index contributed by atoms with van der Waals surface area (Å²) in [6, 6.07) is 9.60. The minimum Gasteiger partial charge on any atom is -0.349 e. The third-order valence-corrected chi connectivity index (χ3v) is 6.27. The Morgan fingerprint density at radius 1 is 1.10 bits per heavy atom. The van der Waals surface area contributed by atoms with Crippen molar-refractivity contribution in [3.63, 3.8) is 0 Å². The molecule has 1 fully saturated rings. The second-order valence-corrected chi connectivity index (χ2v) is 9.36. The Balaban J connectivity index is 1.64. The summed E-state index contributed by atoms with van der Waals surface area (Å²) in [5.74, 6) is -1.44. The van der Waals surface area contributed by atoms with Gasteiger partial charge in [-0.15, -0.1) is 0 Å². The summed E-state index contributed by atoms with van der Waals surface area (Å²) in [7, 11) is -3.47. The lowest BCUT2D eigenvalue weighted by Gasteiger charge is -2.32. The molecule has 1 aliphatic rings. The van der Waals surface area contributed by atoms with Gasteiger partial charge in [0.1, 0.15) is 5.82 Å². The highest BCUT2D eigenvalue weighted by Crippen LogP contribution is 2.24. The highest BCUT2D eigenvalue weighted by molar-refractivity contribution is 7.90. The second-order valence-electron chi connectivity index (χ2n) is 6.93. The van der Waals surface area contributed by atoms with Gasteiger partial charge in [0.25, 0.3) is 11.8 Å². The molecule has 1 aliphatic heterocycles. The molecule has 2 aromatic rings. The largest absolute Gasteiger partial charge is 0.349 e. The molecule has 154 valence electrons. The van der Waals surface area contributed by atoms with E-state index in [1.165, 1.54) is 36.4 Å². The zero-order valence-corrected chi connectivity index (χ0v) is 17.3. The predicted molar refractivity (Wildman–Crippen MR) is 107 cm³/mol. The number of likely N-dealkylation sites (tertiary alicyclic amines) is 1. The van der Waals surface area contributed by atoms with Crippen molar-refractivity contribution in [2.45, 2.75) is 23.8 Å². The Hall–Kier alpha value is -2.45. The number of nitrogens with zero attached hydrogens (tertiary/aromatic N) is 1. The molecule has 0 saturated carbocycles. The lowest BCUT2D eigenvalue weighted by Crippen LogP contribution is -2.46. The van der Waals surface area contributed by atoms with E-state index < -0.39 is 21.6 Å². The van der Waals surface area contributed by atoms with Crippen LogP contribution < -0.4 is 5.32 Å². The van der Waals surface area contributed by atoms with E-state index in [0.29, 0.717) is 25.9 Å². The molecule has 0 spiro atoms. The zero-order chi connectivity index (χ0) is 21.2. The Kier molecular flexibility index (Phi) is 6.24. The summed E-state index contributed by atoms with van der Waals surface area (Å²) in [5.41, 5.74) is 0.110. The van der Waals surface area contributed by atoms with E-state index in [1.807, 2.05) is 0 Å². The van der Waals surface area contributed by atoms with Gasteiger partial charge in [0.05, 0.1) is 21.0 Å². The van der Waals surface area contributed by atoms with Gasteiger partial charge in [0, 0.05) is 25.4 Å². The molecule has 3 rings (SSSR count). The third kappa shape index (κ3) is 4.94. The summed E-state index contributed by atoms with van der Waals surface area (Å²) in [5, 5.41) is 2.97. The van der Waals surface area contributed by atoms with Gasteiger partial charge in [0.2, 0.25) is 0 Å². The molecule has 2 aromatic carbocycles. The molecule has 0 aromatic heterocycles. The summed E-state index contributed by atoms with van der Waals surface area (Å²) in [6.07, 6.45) is 2.05. The first-order valence-electron chi connectivity index (χ1n) is 9.01. The fourth-order valence-corrected chi connectivity index (χ4v) is 4.05. The van der Waals surface area contributed by atoms with Crippen LogP contribution in [-0.2, 0) is 9.84 Å². The van der Waals surface area contributed by atoms with Crippen LogP contribution in [0.25, 0.3) is 0 Å². The first-order valence-corrected chi connectivity index (χ1v) is 11.3. The predicted octanol–water partition coefficient (Wildman–Crippen LogP) is 2.92. The normalized spacial score (nSPS) is 15.2. The van der Waals surface area contributed by atoms with Crippen LogP contribution in [0.5, 0.6) is 0 Å². The van der Waals surface area contributed by atoms with Crippen LogP contribution in [0.1, 0.15) is 33.6 Å². The summed E-state index contributed by atoms with van der Waals surface area (Å²) >= 11 is 6.11. The topological polar surface area (TPSA) is 83.6 Å². The van der Waals surface area contributed by atoms with E-state index in [2.05, 4.69) is 5.32 Å². The maximum atomic E-state index is 13.7. The summed E-state index contributed by atoms with van der Waals surface area (Å²) in [6.45, 7) is 0.723. The number of rotatable bonds is 4. The number of carbonyl (C=O) groups excluding carboxylic acids is 2. The molecule has 1 heterocycles. The zero-order valence-electron chi connectivity index (χ0n) is 15.7. The molecule has 6 nitrogen and oxygen atoms in total. The number of amides is 2.